The summed E-state index contributed by atoms with van der Waals surface area (Å²) in [5.41, 5.74) is 2.74. The smallest absolute Gasteiger partial charge is 0.106 e. The first-order valence-electron chi connectivity index (χ1n) is 7.67. The van der Waals surface area contributed by atoms with E-state index >= 15 is 0 Å². The molecule has 102 valence electrons. The van der Waals surface area contributed by atoms with Gasteiger partial charge in [0.25, 0.3) is 0 Å². The van der Waals surface area contributed by atoms with Crippen LogP contribution in [-0.4, -0.2) is 9.55 Å². The molecular weight excluding hydrogens is 234 g/mol. The minimum absolute atomic E-state index is 0.176. The van der Waals surface area contributed by atoms with Crippen molar-refractivity contribution >= 4 is 0 Å². The van der Waals surface area contributed by atoms with Gasteiger partial charge in [0.05, 0.1) is 23.7 Å². The van der Waals surface area contributed by atoms with Crippen molar-refractivity contribution in [2.75, 3.05) is 0 Å². The van der Waals surface area contributed by atoms with Crippen molar-refractivity contribution in [1.29, 1.82) is 5.26 Å². The van der Waals surface area contributed by atoms with E-state index < -0.39 is 0 Å². The van der Waals surface area contributed by atoms with E-state index in [2.05, 4.69) is 24.5 Å². The van der Waals surface area contributed by atoms with Crippen LogP contribution in [0.1, 0.15) is 62.3 Å². The summed E-state index contributed by atoms with van der Waals surface area (Å²) in [6.45, 7) is 4.44. The van der Waals surface area contributed by atoms with Crippen LogP contribution in [0.25, 0.3) is 0 Å². The molecule has 0 spiro atoms. The normalized spacial score (nSPS) is 30.7. The van der Waals surface area contributed by atoms with Crippen LogP contribution in [0.3, 0.4) is 0 Å². The Labute approximate surface area is 115 Å². The number of rotatable bonds is 1. The SMILES string of the molecule is Cc1nc2c(n1C1CC(C)CCC1C#N)CCCC2. The van der Waals surface area contributed by atoms with E-state index in [1.54, 1.807) is 0 Å². The maximum absolute atomic E-state index is 9.46. The number of nitriles is 1. The second-order valence-corrected chi connectivity index (χ2v) is 6.35. The van der Waals surface area contributed by atoms with Gasteiger partial charge < -0.3 is 4.57 Å². The predicted molar refractivity (Wildman–Crippen MR) is 74.8 cm³/mol. The van der Waals surface area contributed by atoms with Crippen LogP contribution in [0, 0.1) is 30.1 Å². The summed E-state index contributed by atoms with van der Waals surface area (Å²) in [4.78, 5) is 4.77. The Balaban J connectivity index is 2.00. The van der Waals surface area contributed by atoms with E-state index in [-0.39, 0.29) is 5.92 Å². The lowest BCUT2D eigenvalue weighted by Gasteiger charge is -2.34. The summed E-state index contributed by atoms with van der Waals surface area (Å²) in [5.74, 6) is 2.04. The van der Waals surface area contributed by atoms with Gasteiger partial charge in [-0.05, 0) is 57.8 Å². The van der Waals surface area contributed by atoms with Crippen LogP contribution in [-0.2, 0) is 12.8 Å². The molecule has 3 atom stereocenters. The van der Waals surface area contributed by atoms with Gasteiger partial charge in [-0.2, -0.15) is 5.26 Å². The van der Waals surface area contributed by atoms with E-state index in [0.29, 0.717) is 6.04 Å². The largest absolute Gasteiger partial charge is 0.328 e. The Bertz CT molecular complexity index is 509. The Hall–Kier alpha value is -1.30. The van der Waals surface area contributed by atoms with Crippen LogP contribution in [0.15, 0.2) is 0 Å². The molecule has 0 bridgehead atoms. The zero-order valence-corrected chi connectivity index (χ0v) is 12.0. The van der Waals surface area contributed by atoms with Crippen molar-refractivity contribution in [3.8, 4) is 6.07 Å². The van der Waals surface area contributed by atoms with Crippen molar-refractivity contribution in [2.45, 2.75) is 64.8 Å². The molecule has 0 radical (unpaired) electrons. The first-order valence-corrected chi connectivity index (χ1v) is 7.67. The van der Waals surface area contributed by atoms with Gasteiger partial charge in [-0.3, -0.25) is 0 Å². The third kappa shape index (κ3) is 2.18. The fraction of sp³-hybridized carbons (Fsp3) is 0.750. The molecule has 3 rings (SSSR count). The van der Waals surface area contributed by atoms with Gasteiger partial charge >= 0.3 is 0 Å². The maximum atomic E-state index is 9.46. The van der Waals surface area contributed by atoms with Gasteiger partial charge in [-0.1, -0.05) is 6.92 Å². The molecule has 3 heteroatoms. The molecule has 0 saturated heterocycles. The highest BCUT2D eigenvalue weighted by Gasteiger charge is 2.33. The molecule has 0 amide bonds. The summed E-state index contributed by atoms with van der Waals surface area (Å²) in [6, 6.07) is 2.91. The molecule has 0 aliphatic heterocycles. The van der Waals surface area contributed by atoms with Gasteiger partial charge in [-0.25, -0.2) is 4.98 Å². The van der Waals surface area contributed by atoms with Crippen LogP contribution < -0.4 is 0 Å². The van der Waals surface area contributed by atoms with Crippen molar-refractivity contribution in [2.24, 2.45) is 11.8 Å². The topological polar surface area (TPSA) is 41.6 Å². The summed E-state index contributed by atoms with van der Waals surface area (Å²) >= 11 is 0. The second kappa shape index (κ2) is 5.00. The zero-order chi connectivity index (χ0) is 13.4. The molecule has 2 aliphatic rings. The lowest BCUT2D eigenvalue weighted by molar-refractivity contribution is 0.226. The fourth-order valence-corrected chi connectivity index (χ4v) is 3.92. The first-order chi connectivity index (χ1) is 9.20. The van der Waals surface area contributed by atoms with Gasteiger partial charge in [0.15, 0.2) is 0 Å². The molecule has 2 aliphatic carbocycles. The third-order valence-corrected chi connectivity index (χ3v) is 4.92. The summed E-state index contributed by atoms with van der Waals surface area (Å²) < 4.78 is 2.43. The molecule has 1 aromatic rings. The van der Waals surface area contributed by atoms with Crippen molar-refractivity contribution in [3.63, 3.8) is 0 Å². The molecular formula is C16H23N3. The van der Waals surface area contributed by atoms with Crippen LogP contribution in [0.4, 0.5) is 0 Å². The Kier molecular flexibility index (Phi) is 3.35. The lowest BCUT2D eigenvalue weighted by Crippen LogP contribution is -2.28. The number of aryl methyl sites for hydroxylation is 2. The second-order valence-electron chi connectivity index (χ2n) is 6.35. The van der Waals surface area contributed by atoms with Crippen LogP contribution in [0.5, 0.6) is 0 Å². The molecule has 1 fully saturated rings. The summed E-state index contributed by atoms with van der Waals surface area (Å²) in [5, 5.41) is 9.46. The highest BCUT2D eigenvalue weighted by atomic mass is 15.1. The molecule has 1 aromatic heterocycles. The third-order valence-electron chi connectivity index (χ3n) is 4.92. The van der Waals surface area contributed by atoms with E-state index in [4.69, 9.17) is 4.98 Å². The van der Waals surface area contributed by atoms with E-state index in [9.17, 15) is 5.26 Å². The Morgan fingerprint density at radius 2 is 2.05 bits per heavy atom. The van der Waals surface area contributed by atoms with E-state index in [1.165, 1.54) is 30.7 Å². The van der Waals surface area contributed by atoms with Crippen LogP contribution in [0.2, 0.25) is 0 Å². The van der Waals surface area contributed by atoms with Gasteiger partial charge in [0.1, 0.15) is 5.82 Å². The fourth-order valence-electron chi connectivity index (χ4n) is 3.92. The summed E-state index contributed by atoms with van der Waals surface area (Å²) in [7, 11) is 0. The number of hydrogen-bond acceptors (Lipinski definition) is 2. The number of fused-ring (bicyclic) bond motifs is 1. The lowest BCUT2D eigenvalue weighted by atomic mass is 9.79. The first kappa shape index (κ1) is 12.7. The minimum atomic E-state index is 0.176. The highest BCUT2D eigenvalue weighted by molar-refractivity contribution is 5.22. The predicted octanol–water partition coefficient (Wildman–Crippen LogP) is 3.57. The number of hydrogen-bond donors (Lipinski definition) is 0. The van der Waals surface area contributed by atoms with E-state index in [1.807, 2.05) is 0 Å². The monoisotopic (exact) mass is 257 g/mol. The molecule has 19 heavy (non-hydrogen) atoms. The molecule has 1 heterocycles. The molecule has 3 unspecified atom stereocenters. The molecule has 0 aromatic carbocycles. The highest BCUT2D eigenvalue weighted by Crippen LogP contribution is 2.39. The van der Waals surface area contributed by atoms with Crippen LogP contribution >= 0.6 is 0 Å². The number of aromatic nitrogens is 2. The van der Waals surface area contributed by atoms with Crippen molar-refractivity contribution < 1.29 is 0 Å². The average molecular weight is 257 g/mol. The number of imidazole rings is 1. The standard InChI is InChI=1S/C16H23N3/c1-11-7-8-13(10-17)16(9-11)19-12(2)18-14-5-3-4-6-15(14)19/h11,13,16H,3-9H2,1-2H3. The number of nitrogens with zero attached hydrogens (tertiary/aromatic N) is 3. The molecule has 3 nitrogen and oxygen atoms in total. The van der Waals surface area contributed by atoms with Gasteiger partial charge in [0.2, 0.25) is 0 Å². The van der Waals surface area contributed by atoms with Crippen molar-refractivity contribution in [3.05, 3.63) is 17.2 Å². The van der Waals surface area contributed by atoms with Gasteiger partial charge in [0, 0.05) is 5.69 Å². The Morgan fingerprint density at radius 3 is 2.84 bits per heavy atom. The average Bonchev–Trinajstić information content (AvgIpc) is 2.74. The molecule has 1 saturated carbocycles. The zero-order valence-electron chi connectivity index (χ0n) is 12.0. The van der Waals surface area contributed by atoms with Gasteiger partial charge in [-0.15, -0.1) is 0 Å². The van der Waals surface area contributed by atoms with E-state index in [0.717, 1.165) is 37.4 Å². The Morgan fingerprint density at radius 1 is 1.26 bits per heavy atom. The van der Waals surface area contributed by atoms with Crippen molar-refractivity contribution in [1.82, 2.24) is 9.55 Å². The quantitative estimate of drug-likeness (QED) is 0.771. The minimum Gasteiger partial charge on any atom is -0.328 e. The maximum Gasteiger partial charge on any atom is 0.106 e. The molecule has 0 N–H and O–H groups in total. The summed E-state index contributed by atoms with van der Waals surface area (Å²) in [6.07, 6.45) is 8.22.